The van der Waals surface area contributed by atoms with E-state index in [-0.39, 0.29) is 5.75 Å². The number of phenols is 1. The molecule has 18 heavy (non-hydrogen) atoms. The van der Waals surface area contributed by atoms with Gasteiger partial charge in [0.2, 0.25) is 0 Å². The van der Waals surface area contributed by atoms with Crippen molar-refractivity contribution in [2.45, 2.75) is 6.54 Å². The molecule has 2 heterocycles. The lowest BCUT2D eigenvalue weighted by molar-refractivity contribution is 0.473. The summed E-state index contributed by atoms with van der Waals surface area (Å²) in [6.07, 6.45) is 0. The average molecular weight is 256 g/mol. The maximum Gasteiger partial charge on any atom is 0.146 e. The average Bonchev–Trinajstić information content (AvgIpc) is 2.93. The maximum atomic E-state index is 10.1. The van der Waals surface area contributed by atoms with Gasteiger partial charge in [-0.05, 0) is 17.5 Å². The van der Waals surface area contributed by atoms with Gasteiger partial charge in [-0.25, -0.2) is 4.98 Å². The second-order valence-corrected chi connectivity index (χ2v) is 4.84. The number of nitrogens with two attached hydrogens (primary N) is 1. The fourth-order valence-corrected chi connectivity index (χ4v) is 2.60. The second kappa shape index (κ2) is 4.40. The molecule has 0 aliphatic heterocycles. The second-order valence-electron chi connectivity index (χ2n) is 4.06. The molecule has 3 N–H and O–H groups in total. The monoisotopic (exact) mass is 256 g/mol. The highest BCUT2D eigenvalue weighted by Gasteiger charge is 2.08. The zero-order valence-corrected chi connectivity index (χ0v) is 10.4. The molecule has 0 bridgehead atoms. The van der Waals surface area contributed by atoms with Gasteiger partial charge in [0, 0.05) is 28.4 Å². The van der Waals surface area contributed by atoms with Gasteiger partial charge in [-0.15, -0.1) is 0 Å². The predicted molar refractivity (Wildman–Crippen MR) is 74.6 cm³/mol. The quantitative estimate of drug-likeness (QED) is 0.740. The van der Waals surface area contributed by atoms with E-state index in [0.717, 1.165) is 22.2 Å². The number of nitrogens with zero attached hydrogens (tertiary/aromatic N) is 1. The van der Waals surface area contributed by atoms with Gasteiger partial charge in [0.15, 0.2) is 0 Å². The molecule has 0 saturated carbocycles. The van der Waals surface area contributed by atoms with Crippen LogP contribution in [0.4, 0.5) is 0 Å². The Bertz CT molecular complexity index is 692. The Kier molecular flexibility index (Phi) is 2.74. The molecule has 4 heteroatoms. The third kappa shape index (κ3) is 1.75. The molecule has 0 fully saturated rings. The molecular weight excluding hydrogens is 244 g/mol. The predicted octanol–water partition coefficient (Wildman–Crippen LogP) is 3.13. The number of phenolic OH excluding ortho intramolecular Hbond substituents is 1. The van der Waals surface area contributed by atoms with Crippen LogP contribution in [-0.2, 0) is 6.54 Å². The minimum atomic E-state index is 0.187. The fourth-order valence-electron chi connectivity index (χ4n) is 1.95. The summed E-state index contributed by atoms with van der Waals surface area (Å²) in [7, 11) is 0. The van der Waals surface area contributed by atoms with Gasteiger partial charge >= 0.3 is 0 Å². The first-order chi connectivity index (χ1) is 8.79. The Labute approximate surface area is 109 Å². The molecule has 3 nitrogen and oxygen atoms in total. The molecule has 3 aromatic rings. The normalized spacial score (nSPS) is 10.9. The van der Waals surface area contributed by atoms with Crippen molar-refractivity contribution in [2.75, 3.05) is 0 Å². The van der Waals surface area contributed by atoms with Crippen molar-refractivity contribution in [3.05, 3.63) is 46.7 Å². The van der Waals surface area contributed by atoms with Crippen LogP contribution in [0.5, 0.6) is 5.75 Å². The van der Waals surface area contributed by atoms with E-state index in [0.29, 0.717) is 12.1 Å². The number of fused-ring (bicyclic) bond motifs is 1. The molecule has 0 saturated heterocycles. The van der Waals surface area contributed by atoms with Crippen molar-refractivity contribution in [1.29, 1.82) is 0 Å². The summed E-state index contributed by atoms with van der Waals surface area (Å²) >= 11 is 1.63. The molecule has 0 aliphatic rings. The van der Waals surface area contributed by atoms with Gasteiger partial charge in [-0.1, -0.05) is 18.2 Å². The zero-order chi connectivity index (χ0) is 12.5. The first-order valence-electron chi connectivity index (χ1n) is 5.64. The van der Waals surface area contributed by atoms with Gasteiger partial charge < -0.3 is 10.8 Å². The number of aromatic hydroxyl groups is 1. The Balaban J connectivity index is 2.24. The molecule has 0 radical (unpaired) electrons. The molecule has 1 aromatic carbocycles. The van der Waals surface area contributed by atoms with Gasteiger partial charge in [0.05, 0.1) is 5.69 Å². The highest BCUT2D eigenvalue weighted by atomic mass is 32.1. The number of pyridine rings is 1. The van der Waals surface area contributed by atoms with Gasteiger partial charge in [0.25, 0.3) is 0 Å². The number of benzene rings is 1. The Morgan fingerprint density at radius 1 is 1.17 bits per heavy atom. The first kappa shape index (κ1) is 11.2. The number of thiophene rings is 1. The Morgan fingerprint density at radius 2 is 2.00 bits per heavy atom. The Morgan fingerprint density at radius 3 is 2.72 bits per heavy atom. The lowest BCUT2D eigenvalue weighted by atomic mass is 10.1. The van der Waals surface area contributed by atoms with Crippen LogP contribution in [0.25, 0.3) is 22.2 Å². The van der Waals surface area contributed by atoms with Gasteiger partial charge in [-0.2, -0.15) is 11.3 Å². The van der Waals surface area contributed by atoms with E-state index >= 15 is 0 Å². The molecule has 0 aliphatic carbocycles. The van der Waals surface area contributed by atoms with Crippen LogP contribution >= 0.6 is 11.3 Å². The summed E-state index contributed by atoms with van der Waals surface area (Å²) < 4.78 is 0. The van der Waals surface area contributed by atoms with Crippen LogP contribution in [-0.4, -0.2) is 10.1 Å². The van der Waals surface area contributed by atoms with Crippen LogP contribution in [0.2, 0.25) is 0 Å². The molecule has 90 valence electrons. The van der Waals surface area contributed by atoms with E-state index in [9.17, 15) is 5.11 Å². The minimum Gasteiger partial charge on any atom is -0.505 e. The molecule has 0 atom stereocenters. The molecule has 0 spiro atoms. The summed E-state index contributed by atoms with van der Waals surface area (Å²) in [6.45, 7) is 0.312. The molecule has 0 unspecified atom stereocenters. The van der Waals surface area contributed by atoms with Crippen molar-refractivity contribution < 1.29 is 5.11 Å². The van der Waals surface area contributed by atoms with E-state index in [1.54, 1.807) is 11.3 Å². The van der Waals surface area contributed by atoms with Crippen LogP contribution < -0.4 is 5.73 Å². The standard InChI is InChI=1S/C14H12N2OS/c15-7-10-2-1-9-3-4-12(11-5-6-18-8-11)16-13(9)14(10)17/h1-6,8,17H,7,15H2. The number of hydrogen-bond acceptors (Lipinski definition) is 4. The van der Waals surface area contributed by atoms with E-state index in [2.05, 4.69) is 4.98 Å². The summed E-state index contributed by atoms with van der Waals surface area (Å²) in [5.74, 6) is 0.187. The zero-order valence-electron chi connectivity index (χ0n) is 9.63. The van der Waals surface area contributed by atoms with E-state index in [1.165, 1.54) is 0 Å². The topological polar surface area (TPSA) is 59.1 Å². The summed E-state index contributed by atoms with van der Waals surface area (Å²) in [5, 5.41) is 15.1. The van der Waals surface area contributed by atoms with Crippen LogP contribution in [0.15, 0.2) is 41.1 Å². The minimum absolute atomic E-state index is 0.187. The number of aromatic nitrogens is 1. The van der Waals surface area contributed by atoms with Crippen LogP contribution in [0, 0.1) is 0 Å². The van der Waals surface area contributed by atoms with Crippen molar-refractivity contribution in [3.8, 4) is 17.0 Å². The highest BCUT2D eigenvalue weighted by Crippen LogP contribution is 2.30. The van der Waals surface area contributed by atoms with E-state index in [1.807, 2.05) is 41.1 Å². The van der Waals surface area contributed by atoms with E-state index in [4.69, 9.17) is 5.73 Å². The van der Waals surface area contributed by atoms with Crippen molar-refractivity contribution in [2.24, 2.45) is 5.73 Å². The smallest absolute Gasteiger partial charge is 0.146 e. The SMILES string of the molecule is NCc1ccc2ccc(-c3ccsc3)nc2c1O. The fraction of sp³-hybridized carbons (Fsp3) is 0.0714. The largest absolute Gasteiger partial charge is 0.505 e. The van der Waals surface area contributed by atoms with Gasteiger partial charge in [0.1, 0.15) is 11.3 Å². The van der Waals surface area contributed by atoms with Gasteiger partial charge in [-0.3, -0.25) is 0 Å². The summed E-state index contributed by atoms with van der Waals surface area (Å²) in [5.41, 5.74) is 8.86. The highest BCUT2D eigenvalue weighted by molar-refractivity contribution is 7.08. The lowest BCUT2D eigenvalue weighted by Gasteiger charge is -2.06. The third-order valence-electron chi connectivity index (χ3n) is 2.96. The maximum absolute atomic E-state index is 10.1. The van der Waals surface area contributed by atoms with Crippen molar-refractivity contribution in [3.63, 3.8) is 0 Å². The first-order valence-corrected chi connectivity index (χ1v) is 6.58. The number of hydrogen-bond donors (Lipinski definition) is 2. The number of rotatable bonds is 2. The lowest BCUT2D eigenvalue weighted by Crippen LogP contribution is -1.97. The molecular formula is C14H12N2OS. The Hall–Kier alpha value is -1.91. The molecule has 3 rings (SSSR count). The van der Waals surface area contributed by atoms with Crippen molar-refractivity contribution in [1.82, 2.24) is 4.98 Å². The summed E-state index contributed by atoms with van der Waals surface area (Å²) in [6, 6.07) is 9.72. The van der Waals surface area contributed by atoms with Crippen LogP contribution in [0.1, 0.15) is 5.56 Å². The third-order valence-corrected chi connectivity index (χ3v) is 3.64. The molecule has 2 aromatic heterocycles. The molecule has 0 amide bonds. The summed E-state index contributed by atoms with van der Waals surface area (Å²) in [4.78, 5) is 4.53. The van der Waals surface area contributed by atoms with Crippen molar-refractivity contribution >= 4 is 22.2 Å². The van der Waals surface area contributed by atoms with E-state index < -0.39 is 0 Å². The van der Waals surface area contributed by atoms with Crippen LogP contribution in [0.3, 0.4) is 0 Å².